The number of nitrogens with zero attached hydrogens (tertiary/aromatic N) is 2. The fraction of sp³-hybridized carbons (Fsp3) is 0.533. The van der Waals surface area contributed by atoms with Gasteiger partial charge in [0, 0.05) is 24.7 Å². The summed E-state index contributed by atoms with van der Waals surface area (Å²) in [4.78, 5) is 15.0. The van der Waals surface area contributed by atoms with E-state index in [4.69, 9.17) is 4.74 Å². The second kappa shape index (κ2) is 6.16. The summed E-state index contributed by atoms with van der Waals surface area (Å²) in [5.74, 6) is 0.0912. The molecule has 1 saturated heterocycles. The van der Waals surface area contributed by atoms with E-state index in [-0.39, 0.29) is 19.1 Å². The van der Waals surface area contributed by atoms with Crippen molar-refractivity contribution in [3.05, 3.63) is 29.8 Å². The molecule has 0 spiro atoms. The molecule has 0 bridgehead atoms. The van der Waals surface area contributed by atoms with Gasteiger partial charge in [-0.1, -0.05) is 6.07 Å². The maximum absolute atomic E-state index is 13.1. The molecular formula is C15H19F3N2O2. The smallest absolute Gasteiger partial charge is 0.405 e. The van der Waals surface area contributed by atoms with E-state index in [1.807, 2.05) is 0 Å². The first-order valence-electron chi connectivity index (χ1n) is 6.96. The minimum Gasteiger partial charge on any atom is -0.497 e. The number of carbonyl (C=O) groups is 1. The van der Waals surface area contributed by atoms with Gasteiger partial charge in [0.1, 0.15) is 11.8 Å². The number of likely N-dealkylation sites (N-methyl/N-ethyl adjacent to an activating group) is 1. The average Bonchev–Trinajstić information content (AvgIpc) is 2.48. The van der Waals surface area contributed by atoms with Crippen LogP contribution in [-0.2, 0) is 0 Å². The molecule has 22 heavy (non-hydrogen) atoms. The van der Waals surface area contributed by atoms with Crippen LogP contribution in [-0.4, -0.2) is 61.2 Å². The summed E-state index contributed by atoms with van der Waals surface area (Å²) < 4.78 is 44.4. The van der Waals surface area contributed by atoms with Crippen LogP contribution in [0, 0.1) is 0 Å². The number of methoxy groups -OCH3 is 1. The lowest BCUT2D eigenvalue weighted by atomic mass is 10.1. The maximum atomic E-state index is 13.1. The van der Waals surface area contributed by atoms with Gasteiger partial charge in [0.25, 0.3) is 5.91 Å². The minimum absolute atomic E-state index is 0.263. The Morgan fingerprint density at radius 3 is 2.59 bits per heavy atom. The molecule has 1 aliphatic heterocycles. The number of ether oxygens (including phenoxy) is 1. The van der Waals surface area contributed by atoms with Crippen molar-refractivity contribution in [3.8, 4) is 5.75 Å². The highest BCUT2D eigenvalue weighted by atomic mass is 19.4. The molecule has 1 amide bonds. The van der Waals surface area contributed by atoms with Crippen molar-refractivity contribution >= 4 is 5.91 Å². The van der Waals surface area contributed by atoms with Gasteiger partial charge >= 0.3 is 6.18 Å². The van der Waals surface area contributed by atoms with Crippen LogP contribution in [0.3, 0.4) is 0 Å². The van der Waals surface area contributed by atoms with Crippen molar-refractivity contribution in [1.82, 2.24) is 9.80 Å². The number of hydrogen-bond donors (Lipinski definition) is 0. The lowest BCUT2D eigenvalue weighted by Gasteiger charge is -2.44. The molecule has 1 heterocycles. The first kappa shape index (κ1) is 16.6. The van der Waals surface area contributed by atoms with Crippen LogP contribution in [0.2, 0.25) is 0 Å². The molecule has 1 aromatic carbocycles. The van der Waals surface area contributed by atoms with Crippen molar-refractivity contribution in [2.75, 3.05) is 27.2 Å². The van der Waals surface area contributed by atoms with Crippen LogP contribution < -0.4 is 4.74 Å². The van der Waals surface area contributed by atoms with Crippen LogP contribution in [0.5, 0.6) is 5.75 Å². The molecule has 0 N–H and O–H groups in total. The Kier molecular flexibility index (Phi) is 4.65. The molecule has 2 unspecified atom stereocenters. The summed E-state index contributed by atoms with van der Waals surface area (Å²) in [6, 6.07) is 4.43. The van der Waals surface area contributed by atoms with Crippen molar-refractivity contribution in [1.29, 1.82) is 0 Å². The van der Waals surface area contributed by atoms with Crippen molar-refractivity contribution in [3.63, 3.8) is 0 Å². The highest BCUT2D eigenvalue weighted by Crippen LogP contribution is 2.29. The van der Waals surface area contributed by atoms with E-state index in [1.165, 1.54) is 30.0 Å². The van der Waals surface area contributed by atoms with Crippen LogP contribution in [0.25, 0.3) is 0 Å². The van der Waals surface area contributed by atoms with Gasteiger partial charge in [0.15, 0.2) is 0 Å². The molecule has 2 atom stereocenters. The molecule has 0 aromatic heterocycles. The van der Waals surface area contributed by atoms with E-state index in [0.29, 0.717) is 11.3 Å². The second-order valence-corrected chi connectivity index (χ2v) is 5.51. The Balaban J connectivity index is 2.22. The van der Waals surface area contributed by atoms with Crippen LogP contribution >= 0.6 is 0 Å². The van der Waals surface area contributed by atoms with Crippen LogP contribution in [0.1, 0.15) is 17.3 Å². The van der Waals surface area contributed by atoms with Crippen molar-refractivity contribution in [2.24, 2.45) is 0 Å². The quantitative estimate of drug-likeness (QED) is 0.840. The molecule has 0 aliphatic carbocycles. The highest BCUT2D eigenvalue weighted by Gasteiger charge is 2.47. The standard InChI is InChI=1S/C15H19F3N2O2/c1-10-8-20(9-13(19(10)2)15(16,17)18)14(21)11-5-4-6-12(7-11)22-3/h4-7,10,13H,8-9H2,1-3H3. The number of amides is 1. The monoisotopic (exact) mass is 316 g/mol. The number of benzene rings is 1. The maximum Gasteiger partial charge on any atom is 0.405 e. The number of rotatable bonds is 2. The zero-order chi connectivity index (χ0) is 16.5. The molecule has 1 fully saturated rings. The van der Waals surface area contributed by atoms with Gasteiger partial charge in [-0.05, 0) is 32.2 Å². The molecule has 7 heteroatoms. The summed E-state index contributed by atoms with van der Waals surface area (Å²) >= 11 is 0. The number of halogens is 3. The molecule has 0 saturated carbocycles. The third kappa shape index (κ3) is 3.35. The first-order valence-corrected chi connectivity index (χ1v) is 6.96. The third-order valence-electron chi connectivity index (χ3n) is 4.05. The largest absolute Gasteiger partial charge is 0.497 e. The molecule has 1 aliphatic rings. The summed E-state index contributed by atoms with van der Waals surface area (Å²) in [6.07, 6.45) is -4.36. The van der Waals surface area contributed by atoms with Crippen molar-refractivity contribution in [2.45, 2.75) is 25.2 Å². The van der Waals surface area contributed by atoms with Gasteiger partial charge < -0.3 is 9.64 Å². The molecule has 1 aromatic rings. The van der Waals surface area contributed by atoms with Gasteiger partial charge in [0.2, 0.25) is 0 Å². The molecule has 122 valence electrons. The summed E-state index contributed by atoms with van der Waals surface area (Å²) in [6.45, 7) is 1.59. The van der Waals surface area contributed by atoms with Crippen molar-refractivity contribution < 1.29 is 22.7 Å². The predicted molar refractivity (Wildman–Crippen MR) is 76.0 cm³/mol. The topological polar surface area (TPSA) is 32.8 Å². The SMILES string of the molecule is COc1cccc(C(=O)N2CC(C)N(C)C(C(F)(F)F)C2)c1. The van der Waals surface area contributed by atoms with Gasteiger partial charge in [-0.3, -0.25) is 9.69 Å². The Labute approximate surface area is 127 Å². The van der Waals surface area contributed by atoms with Gasteiger partial charge in [0.05, 0.1) is 7.11 Å². The van der Waals surface area contributed by atoms with Gasteiger partial charge in [-0.15, -0.1) is 0 Å². The third-order valence-corrected chi connectivity index (χ3v) is 4.05. The van der Waals surface area contributed by atoms with E-state index in [2.05, 4.69) is 0 Å². The predicted octanol–water partition coefficient (Wildman–Crippen LogP) is 2.40. The lowest BCUT2D eigenvalue weighted by Crippen LogP contribution is -2.62. The van der Waals surface area contributed by atoms with Gasteiger partial charge in [-0.2, -0.15) is 13.2 Å². The van der Waals surface area contributed by atoms with E-state index < -0.39 is 18.1 Å². The molecular weight excluding hydrogens is 297 g/mol. The molecule has 4 nitrogen and oxygen atoms in total. The zero-order valence-electron chi connectivity index (χ0n) is 12.7. The number of piperazine rings is 1. The van der Waals surface area contributed by atoms with Gasteiger partial charge in [-0.25, -0.2) is 0 Å². The number of hydrogen-bond acceptors (Lipinski definition) is 3. The summed E-state index contributed by atoms with van der Waals surface area (Å²) in [7, 11) is 2.91. The number of carbonyl (C=O) groups excluding carboxylic acids is 1. The number of alkyl halides is 3. The van der Waals surface area contributed by atoms with E-state index in [9.17, 15) is 18.0 Å². The fourth-order valence-electron chi connectivity index (χ4n) is 2.61. The van der Waals surface area contributed by atoms with E-state index >= 15 is 0 Å². The Bertz CT molecular complexity index is 548. The van der Waals surface area contributed by atoms with E-state index in [1.54, 1.807) is 25.1 Å². The average molecular weight is 316 g/mol. The summed E-state index contributed by atoms with van der Waals surface area (Å²) in [5.41, 5.74) is 0.331. The normalized spacial score (nSPS) is 23.5. The van der Waals surface area contributed by atoms with Crippen LogP contribution in [0.15, 0.2) is 24.3 Å². The minimum atomic E-state index is -4.36. The first-order chi connectivity index (χ1) is 10.2. The fourth-order valence-corrected chi connectivity index (χ4v) is 2.61. The lowest BCUT2D eigenvalue weighted by molar-refractivity contribution is -0.197. The Hall–Kier alpha value is -1.76. The van der Waals surface area contributed by atoms with Crippen LogP contribution in [0.4, 0.5) is 13.2 Å². The zero-order valence-corrected chi connectivity index (χ0v) is 12.7. The summed E-state index contributed by atoms with van der Waals surface area (Å²) in [5, 5.41) is 0. The Morgan fingerprint density at radius 2 is 2.00 bits per heavy atom. The van der Waals surface area contributed by atoms with E-state index in [0.717, 1.165) is 0 Å². The highest BCUT2D eigenvalue weighted by molar-refractivity contribution is 5.94. The molecule has 2 rings (SSSR count). The Morgan fingerprint density at radius 1 is 1.32 bits per heavy atom. The second-order valence-electron chi connectivity index (χ2n) is 5.51. The molecule has 0 radical (unpaired) electrons.